The molecule has 0 amide bonds. The molecule has 1 saturated carbocycles. The van der Waals surface area contributed by atoms with Crippen molar-refractivity contribution in [3.05, 3.63) is 63.0 Å². The van der Waals surface area contributed by atoms with Crippen LogP contribution in [0.2, 0.25) is 5.02 Å². The molecule has 126 valence electrons. The Bertz CT molecular complexity index is 820. The Hall–Kier alpha value is -2.27. The Labute approximate surface area is 144 Å². The summed E-state index contributed by atoms with van der Waals surface area (Å²) in [5.41, 5.74) is -0.286. The molecule has 0 bridgehead atoms. The van der Waals surface area contributed by atoms with E-state index in [1.165, 1.54) is 12.4 Å². The number of carboxylic acid groups (broad SMARTS) is 1. The van der Waals surface area contributed by atoms with Crippen LogP contribution in [-0.2, 0) is 12.0 Å². The van der Waals surface area contributed by atoms with Crippen molar-refractivity contribution in [2.45, 2.75) is 37.6 Å². The number of hydrogen-bond donors (Lipinski definition) is 2. The summed E-state index contributed by atoms with van der Waals surface area (Å²) in [5, 5.41) is 19.6. The van der Waals surface area contributed by atoms with Crippen LogP contribution in [0.4, 0.5) is 0 Å². The average Bonchev–Trinajstić information content (AvgIpc) is 3.00. The first-order valence-corrected chi connectivity index (χ1v) is 8.21. The van der Waals surface area contributed by atoms with E-state index in [2.05, 4.69) is 0 Å². The fourth-order valence-corrected chi connectivity index (χ4v) is 3.73. The summed E-state index contributed by atoms with van der Waals surface area (Å²) in [6, 6.07) is 7.69. The summed E-state index contributed by atoms with van der Waals surface area (Å²) in [6.07, 6.45) is 6.71. The average molecular weight is 348 g/mol. The Morgan fingerprint density at radius 2 is 1.79 bits per heavy atom. The third-order valence-electron chi connectivity index (χ3n) is 4.79. The lowest BCUT2D eigenvalue weighted by Crippen LogP contribution is -2.29. The van der Waals surface area contributed by atoms with E-state index in [1.807, 2.05) is 24.3 Å². The second-order valence-corrected chi connectivity index (χ2v) is 6.79. The smallest absolute Gasteiger partial charge is 0.341 e. The highest BCUT2D eigenvalue weighted by Gasteiger charge is 2.36. The van der Waals surface area contributed by atoms with Crippen LogP contribution in [0.15, 0.2) is 41.5 Å². The Morgan fingerprint density at radius 3 is 2.38 bits per heavy atom. The molecule has 24 heavy (non-hydrogen) atoms. The van der Waals surface area contributed by atoms with Gasteiger partial charge in [-0.3, -0.25) is 4.79 Å². The molecule has 3 rings (SSSR count). The van der Waals surface area contributed by atoms with Gasteiger partial charge in [-0.15, -0.1) is 0 Å². The number of halogens is 1. The Kier molecular flexibility index (Phi) is 4.37. The predicted octanol–water partition coefficient (Wildman–Crippen LogP) is 3.42. The number of hydrogen-bond acceptors (Lipinski definition) is 3. The molecule has 6 heteroatoms. The molecule has 2 aromatic rings. The largest absolute Gasteiger partial charge is 0.503 e. The van der Waals surface area contributed by atoms with Crippen LogP contribution in [0.3, 0.4) is 0 Å². The standard InChI is InChI=1S/C18H18ClNO4/c19-13-5-3-12(4-6-13)18(7-1-2-8-18)11-20-9-14(17(23)24)16(22)15(21)10-20/h3-6,9-10,21H,1-2,7-8,11H2,(H,23,24). The molecular weight excluding hydrogens is 330 g/mol. The van der Waals surface area contributed by atoms with Gasteiger partial charge in [0, 0.05) is 29.4 Å². The van der Waals surface area contributed by atoms with Crippen molar-refractivity contribution < 1.29 is 15.0 Å². The molecule has 1 aliphatic rings. The van der Waals surface area contributed by atoms with Crippen molar-refractivity contribution in [1.29, 1.82) is 0 Å². The van der Waals surface area contributed by atoms with E-state index in [0.717, 1.165) is 31.2 Å². The van der Waals surface area contributed by atoms with Gasteiger partial charge in [-0.25, -0.2) is 4.79 Å². The number of nitrogens with zero attached hydrogens (tertiary/aromatic N) is 1. The van der Waals surface area contributed by atoms with Gasteiger partial charge < -0.3 is 14.8 Å². The van der Waals surface area contributed by atoms with Gasteiger partial charge in [0.25, 0.3) is 0 Å². The maximum absolute atomic E-state index is 11.7. The molecule has 0 spiro atoms. The zero-order valence-corrected chi connectivity index (χ0v) is 13.8. The minimum absolute atomic E-state index is 0.151. The molecule has 1 aliphatic carbocycles. The minimum Gasteiger partial charge on any atom is -0.503 e. The van der Waals surface area contributed by atoms with Gasteiger partial charge in [0.1, 0.15) is 5.56 Å². The predicted molar refractivity (Wildman–Crippen MR) is 90.9 cm³/mol. The summed E-state index contributed by atoms with van der Waals surface area (Å²) in [6.45, 7) is 0.503. The van der Waals surface area contributed by atoms with Crippen molar-refractivity contribution in [2.75, 3.05) is 0 Å². The highest BCUT2D eigenvalue weighted by atomic mass is 35.5. The molecule has 0 aliphatic heterocycles. The number of aromatic nitrogens is 1. The molecular formula is C18H18ClNO4. The lowest BCUT2D eigenvalue weighted by atomic mass is 9.78. The number of carbonyl (C=O) groups is 1. The van der Waals surface area contributed by atoms with Crippen molar-refractivity contribution in [2.24, 2.45) is 0 Å². The number of rotatable bonds is 4. The molecule has 5 nitrogen and oxygen atoms in total. The fourth-order valence-electron chi connectivity index (χ4n) is 3.60. The van der Waals surface area contributed by atoms with E-state index in [9.17, 15) is 14.7 Å². The van der Waals surface area contributed by atoms with Crippen LogP contribution in [-0.4, -0.2) is 20.7 Å². The van der Waals surface area contributed by atoms with E-state index in [4.69, 9.17) is 16.7 Å². The van der Waals surface area contributed by atoms with Gasteiger partial charge in [0.05, 0.1) is 0 Å². The van der Waals surface area contributed by atoms with Crippen molar-refractivity contribution in [3.63, 3.8) is 0 Å². The van der Waals surface area contributed by atoms with E-state index >= 15 is 0 Å². The fraction of sp³-hybridized carbons (Fsp3) is 0.333. The third kappa shape index (κ3) is 3.04. The zero-order chi connectivity index (χ0) is 17.3. The second-order valence-electron chi connectivity index (χ2n) is 6.36. The monoisotopic (exact) mass is 347 g/mol. The molecule has 1 aromatic heterocycles. The van der Waals surface area contributed by atoms with Crippen LogP contribution in [0.25, 0.3) is 0 Å². The van der Waals surface area contributed by atoms with Gasteiger partial charge in [-0.05, 0) is 30.5 Å². The van der Waals surface area contributed by atoms with E-state index < -0.39 is 22.7 Å². The van der Waals surface area contributed by atoms with Gasteiger partial charge in [0.15, 0.2) is 5.75 Å². The zero-order valence-electron chi connectivity index (χ0n) is 13.0. The van der Waals surface area contributed by atoms with Gasteiger partial charge in [-0.1, -0.05) is 36.6 Å². The summed E-state index contributed by atoms with van der Waals surface area (Å²) < 4.78 is 1.61. The van der Waals surface area contributed by atoms with E-state index in [-0.39, 0.29) is 5.41 Å². The summed E-state index contributed by atoms with van der Waals surface area (Å²) in [5.74, 6) is -1.88. The van der Waals surface area contributed by atoms with Crippen LogP contribution < -0.4 is 5.43 Å². The quantitative estimate of drug-likeness (QED) is 0.888. The summed E-state index contributed by atoms with van der Waals surface area (Å²) >= 11 is 5.98. The lowest BCUT2D eigenvalue weighted by Gasteiger charge is -2.31. The van der Waals surface area contributed by atoms with Gasteiger partial charge in [-0.2, -0.15) is 0 Å². The molecule has 0 saturated heterocycles. The first-order chi connectivity index (χ1) is 11.4. The van der Waals surface area contributed by atoms with Crippen LogP contribution in [0.5, 0.6) is 5.75 Å². The first-order valence-electron chi connectivity index (χ1n) is 7.84. The third-order valence-corrected chi connectivity index (χ3v) is 5.05. The SMILES string of the molecule is O=C(O)c1cn(CC2(c3ccc(Cl)cc3)CCCC2)cc(O)c1=O. The first kappa shape index (κ1) is 16.6. The van der Waals surface area contributed by atoms with Crippen molar-refractivity contribution >= 4 is 17.6 Å². The molecule has 1 fully saturated rings. The van der Waals surface area contributed by atoms with E-state index in [0.29, 0.717) is 11.6 Å². The van der Waals surface area contributed by atoms with Crippen LogP contribution >= 0.6 is 11.6 Å². The molecule has 0 radical (unpaired) electrons. The normalized spacial score (nSPS) is 16.2. The highest BCUT2D eigenvalue weighted by molar-refractivity contribution is 6.30. The van der Waals surface area contributed by atoms with Crippen LogP contribution in [0.1, 0.15) is 41.6 Å². The maximum Gasteiger partial charge on any atom is 0.341 e. The Balaban J connectivity index is 2.02. The highest BCUT2D eigenvalue weighted by Crippen LogP contribution is 2.42. The second kappa shape index (κ2) is 6.32. The summed E-state index contributed by atoms with van der Waals surface area (Å²) in [7, 11) is 0. The van der Waals surface area contributed by atoms with Gasteiger partial charge >= 0.3 is 5.97 Å². The number of aromatic carboxylic acids is 1. The molecule has 0 unspecified atom stereocenters. The summed E-state index contributed by atoms with van der Waals surface area (Å²) in [4.78, 5) is 22.9. The van der Waals surface area contributed by atoms with Gasteiger partial charge in [0.2, 0.25) is 5.43 Å². The van der Waals surface area contributed by atoms with Crippen LogP contribution in [0, 0.1) is 0 Å². The molecule has 2 N–H and O–H groups in total. The number of benzene rings is 1. The molecule has 0 atom stereocenters. The van der Waals surface area contributed by atoms with Crippen molar-refractivity contribution in [1.82, 2.24) is 4.57 Å². The number of pyridine rings is 1. The lowest BCUT2D eigenvalue weighted by molar-refractivity contribution is 0.0693. The topological polar surface area (TPSA) is 79.5 Å². The number of carboxylic acids is 1. The molecule has 1 heterocycles. The Morgan fingerprint density at radius 1 is 1.17 bits per heavy atom. The minimum atomic E-state index is -1.34. The van der Waals surface area contributed by atoms with Crippen molar-refractivity contribution in [3.8, 4) is 5.75 Å². The maximum atomic E-state index is 11.7. The number of aromatic hydroxyl groups is 1. The van der Waals surface area contributed by atoms with E-state index in [1.54, 1.807) is 4.57 Å². The molecule has 1 aromatic carbocycles.